The minimum atomic E-state index is 0.375. The fourth-order valence-electron chi connectivity index (χ4n) is 3.30. The van der Waals surface area contributed by atoms with Crippen molar-refractivity contribution in [2.45, 2.75) is 38.6 Å². The van der Waals surface area contributed by atoms with E-state index in [0.717, 1.165) is 44.1 Å². The smallest absolute Gasteiger partial charge is 0.127 e. The fourth-order valence-corrected chi connectivity index (χ4v) is 3.30. The van der Waals surface area contributed by atoms with Crippen LogP contribution in [0.4, 0.5) is 0 Å². The molecule has 0 bridgehead atoms. The Balaban J connectivity index is 2.30. The van der Waals surface area contributed by atoms with Crippen LogP contribution in [0.2, 0.25) is 0 Å². The number of nitrogens with zero attached hydrogens (tertiary/aromatic N) is 1. The molecule has 1 atom stereocenters. The van der Waals surface area contributed by atoms with E-state index in [0.29, 0.717) is 6.04 Å². The van der Waals surface area contributed by atoms with E-state index in [2.05, 4.69) is 17.1 Å². The van der Waals surface area contributed by atoms with Gasteiger partial charge in [-0.1, -0.05) is 32.3 Å². The number of hydrogen-bond donors (Lipinski definition) is 1. The van der Waals surface area contributed by atoms with E-state index >= 15 is 0 Å². The molecule has 1 N–H and O–H groups in total. The first-order valence-electron chi connectivity index (χ1n) is 8.47. The Morgan fingerprint density at radius 2 is 1.73 bits per heavy atom. The molecular formula is C18H30N2O2. The van der Waals surface area contributed by atoms with Crippen molar-refractivity contribution in [2.24, 2.45) is 0 Å². The molecule has 0 radical (unpaired) electrons. The van der Waals surface area contributed by atoms with E-state index in [4.69, 9.17) is 9.47 Å². The third kappa shape index (κ3) is 4.14. The zero-order valence-corrected chi connectivity index (χ0v) is 14.2. The van der Waals surface area contributed by atoms with Gasteiger partial charge in [0.25, 0.3) is 0 Å². The lowest BCUT2D eigenvalue weighted by atomic mass is 9.96. The number of ether oxygens (including phenoxy) is 2. The van der Waals surface area contributed by atoms with Gasteiger partial charge in [0.15, 0.2) is 0 Å². The Kier molecular flexibility index (Phi) is 7.00. The molecule has 0 unspecified atom stereocenters. The van der Waals surface area contributed by atoms with E-state index < -0.39 is 0 Å². The van der Waals surface area contributed by atoms with Gasteiger partial charge in [0.2, 0.25) is 0 Å². The van der Waals surface area contributed by atoms with Gasteiger partial charge in [-0.05, 0) is 18.6 Å². The van der Waals surface area contributed by atoms with Crippen LogP contribution in [-0.4, -0.2) is 45.3 Å². The molecule has 1 aliphatic rings. The molecule has 1 aromatic carbocycles. The maximum absolute atomic E-state index is 5.64. The van der Waals surface area contributed by atoms with Crippen LogP contribution in [0.1, 0.15) is 44.2 Å². The number of hydrogen-bond acceptors (Lipinski definition) is 4. The van der Waals surface area contributed by atoms with E-state index in [1.54, 1.807) is 14.2 Å². The zero-order chi connectivity index (χ0) is 15.8. The van der Waals surface area contributed by atoms with Gasteiger partial charge in [-0.15, -0.1) is 0 Å². The first-order chi connectivity index (χ1) is 10.8. The van der Waals surface area contributed by atoms with Crippen molar-refractivity contribution < 1.29 is 9.47 Å². The largest absolute Gasteiger partial charge is 0.496 e. The van der Waals surface area contributed by atoms with Crippen LogP contribution >= 0.6 is 0 Å². The van der Waals surface area contributed by atoms with Crippen LogP contribution in [0.3, 0.4) is 0 Å². The number of nitrogens with one attached hydrogen (secondary N) is 1. The Morgan fingerprint density at radius 1 is 1.09 bits per heavy atom. The van der Waals surface area contributed by atoms with Crippen molar-refractivity contribution in [3.63, 3.8) is 0 Å². The molecule has 0 saturated carbocycles. The van der Waals surface area contributed by atoms with Gasteiger partial charge in [0.1, 0.15) is 11.5 Å². The van der Waals surface area contributed by atoms with Crippen LogP contribution in [0.5, 0.6) is 11.5 Å². The predicted molar refractivity (Wildman–Crippen MR) is 90.9 cm³/mol. The minimum Gasteiger partial charge on any atom is -0.496 e. The topological polar surface area (TPSA) is 33.7 Å². The molecule has 4 nitrogen and oxygen atoms in total. The molecule has 0 spiro atoms. The van der Waals surface area contributed by atoms with E-state index in [1.165, 1.54) is 24.8 Å². The van der Waals surface area contributed by atoms with Crippen LogP contribution < -0.4 is 14.8 Å². The second kappa shape index (κ2) is 9.01. The molecular weight excluding hydrogens is 276 g/mol. The molecule has 1 saturated heterocycles. The monoisotopic (exact) mass is 306 g/mol. The second-order valence-electron chi connectivity index (χ2n) is 5.87. The SMILES string of the molecule is CCCCC[C@@H](c1c(OC)cccc1OC)N1CCNCC1. The maximum atomic E-state index is 5.64. The van der Waals surface area contributed by atoms with Crippen LogP contribution in [0.25, 0.3) is 0 Å². The highest BCUT2D eigenvalue weighted by atomic mass is 16.5. The molecule has 1 aliphatic heterocycles. The van der Waals surface area contributed by atoms with Crippen LogP contribution in [0, 0.1) is 0 Å². The van der Waals surface area contributed by atoms with Gasteiger partial charge in [-0.25, -0.2) is 0 Å². The maximum Gasteiger partial charge on any atom is 0.127 e. The van der Waals surface area contributed by atoms with Crippen molar-refractivity contribution >= 4 is 0 Å². The lowest BCUT2D eigenvalue weighted by Crippen LogP contribution is -2.45. The summed E-state index contributed by atoms with van der Waals surface area (Å²) < 4.78 is 11.3. The van der Waals surface area contributed by atoms with E-state index in [-0.39, 0.29) is 0 Å². The average Bonchev–Trinajstić information content (AvgIpc) is 2.59. The van der Waals surface area contributed by atoms with Crippen molar-refractivity contribution in [1.29, 1.82) is 0 Å². The number of benzene rings is 1. The normalized spacial score (nSPS) is 17.2. The van der Waals surface area contributed by atoms with Crippen LogP contribution in [0.15, 0.2) is 18.2 Å². The third-order valence-corrected chi connectivity index (χ3v) is 4.47. The second-order valence-corrected chi connectivity index (χ2v) is 5.87. The van der Waals surface area contributed by atoms with E-state index in [1.807, 2.05) is 18.2 Å². The molecule has 2 rings (SSSR count). The summed E-state index contributed by atoms with van der Waals surface area (Å²) in [4.78, 5) is 2.58. The quantitative estimate of drug-likeness (QED) is 0.748. The summed E-state index contributed by atoms with van der Waals surface area (Å²) in [6.07, 6.45) is 4.92. The summed E-state index contributed by atoms with van der Waals surface area (Å²) in [5, 5.41) is 3.44. The van der Waals surface area contributed by atoms with Gasteiger partial charge in [-0.3, -0.25) is 4.90 Å². The van der Waals surface area contributed by atoms with Gasteiger partial charge in [-0.2, -0.15) is 0 Å². The van der Waals surface area contributed by atoms with E-state index in [9.17, 15) is 0 Å². The molecule has 0 amide bonds. The lowest BCUT2D eigenvalue weighted by Gasteiger charge is -2.36. The molecule has 1 aromatic rings. The van der Waals surface area contributed by atoms with Gasteiger partial charge in [0.05, 0.1) is 19.8 Å². The molecule has 4 heteroatoms. The lowest BCUT2D eigenvalue weighted by molar-refractivity contribution is 0.157. The van der Waals surface area contributed by atoms with Crippen molar-refractivity contribution in [3.8, 4) is 11.5 Å². The Labute approximate surface area is 134 Å². The third-order valence-electron chi connectivity index (χ3n) is 4.47. The minimum absolute atomic E-state index is 0.375. The predicted octanol–water partition coefficient (Wildman–Crippen LogP) is 3.23. The zero-order valence-electron chi connectivity index (χ0n) is 14.2. The first-order valence-corrected chi connectivity index (χ1v) is 8.47. The fraction of sp³-hybridized carbons (Fsp3) is 0.667. The van der Waals surface area contributed by atoms with Crippen molar-refractivity contribution in [1.82, 2.24) is 10.2 Å². The molecule has 1 heterocycles. The highest BCUT2D eigenvalue weighted by molar-refractivity contribution is 5.47. The Bertz CT molecular complexity index is 422. The molecule has 124 valence electrons. The Morgan fingerprint density at radius 3 is 2.27 bits per heavy atom. The highest BCUT2D eigenvalue weighted by Crippen LogP contribution is 2.39. The summed E-state index contributed by atoms with van der Waals surface area (Å²) in [6, 6.07) is 6.47. The van der Waals surface area contributed by atoms with Gasteiger partial charge >= 0.3 is 0 Å². The molecule has 1 fully saturated rings. The summed E-state index contributed by atoms with van der Waals surface area (Å²) in [6.45, 7) is 6.53. The van der Waals surface area contributed by atoms with Gasteiger partial charge in [0, 0.05) is 32.2 Å². The van der Waals surface area contributed by atoms with Crippen molar-refractivity contribution in [3.05, 3.63) is 23.8 Å². The number of rotatable bonds is 8. The summed E-state index contributed by atoms with van der Waals surface area (Å²) >= 11 is 0. The number of piperazine rings is 1. The summed E-state index contributed by atoms with van der Waals surface area (Å²) in [7, 11) is 3.50. The molecule has 0 aromatic heterocycles. The summed E-state index contributed by atoms with van der Waals surface area (Å²) in [5.74, 6) is 1.89. The molecule has 22 heavy (non-hydrogen) atoms. The van der Waals surface area contributed by atoms with Crippen molar-refractivity contribution in [2.75, 3.05) is 40.4 Å². The first kappa shape index (κ1) is 17.1. The summed E-state index contributed by atoms with van der Waals surface area (Å²) in [5.41, 5.74) is 1.21. The number of methoxy groups -OCH3 is 2. The van der Waals surface area contributed by atoms with Gasteiger partial charge < -0.3 is 14.8 Å². The number of unbranched alkanes of at least 4 members (excludes halogenated alkanes) is 2. The van der Waals surface area contributed by atoms with Crippen LogP contribution in [-0.2, 0) is 0 Å². The highest BCUT2D eigenvalue weighted by Gasteiger charge is 2.27. The Hall–Kier alpha value is -1.26. The standard InChI is InChI=1S/C18H30N2O2/c1-4-5-6-8-15(20-13-11-19-12-14-20)18-16(21-2)9-7-10-17(18)22-3/h7,9-10,15,19H,4-6,8,11-14H2,1-3H3/t15-/m0/s1. The molecule has 0 aliphatic carbocycles. The average molecular weight is 306 g/mol.